The number of piperazine rings is 1. The van der Waals surface area contributed by atoms with E-state index in [1.807, 2.05) is 42.1 Å². The second-order valence-electron chi connectivity index (χ2n) is 5.69. The van der Waals surface area contributed by atoms with Gasteiger partial charge in [0, 0.05) is 6.54 Å². The summed E-state index contributed by atoms with van der Waals surface area (Å²) in [5, 5.41) is 2.82. The topological polar surface area (TPSA) is 49.4 Å². The molecule has 1 N–H and O–H groups in total. The van der Waals surface area contributed by atoms with E-state index in [9.17, 15) is 9.59 Å². The molecule has 1 aromatic rings. The van der Waals surface area contributed by atoms with Gasteiger partial charge in [0.05, 0.1) is 6.54 Å². The van der Waals surface area contributed by atoms with Crippen molar-refractivity contribution in [3.8, 4) is 0 Å². The van der Waals surface area contributed by atoms with E-state index in [1.165, 1.54) is 11.5 Å². The summed E-state index contributed by atoms with van der Waals surface area (Å²) in [5.41, 5.74) is 0.861. The van der Waals surface area contributed by atoms with Crippen molar-refractivity contribution in [1.29, 1.82) is 0 Å². The Bertz CT molecular complexity index is 514. The zero-order chi connectivity index (χ0) is 14.7. The molecule has 0 radical (unpaired) electrons. The van der Waals surface area contributed by atoms with Gasteiger partial charge in [0.15, 0.2) is 0 Å². The average Bonchev–Trinajstić information content (AvgIpc) is 2.52. The van der Waals surface area contributed by atoms with E-state index in [2.05, 4.69) is 5.32 Å². The first-order valence-electron chi connectivity index (χ1n) is 7.45. The van der Waals surface area contributed by atoms with Gasteiger partial charge < -0.3 is 10.2 Å². The van der Waals surface area contributed by atoms with E-state index in [0.29, 0.717) is 5.92 Å². The van der Waals surface area contributed by atoms with Gasteiger partial charge in [0.2, 0.25) is 11.8 Å². The largest absolute Gasteiger partial charge is 0.339 e. The number of benzene rings is 1. The molecule has 0 aliphatic carbocycles. The molecule has 2 saturated heterocycles. The summed E-state index contributed by atoms with van der Waals surface area (Å²) >= 11 is 1.98. The Morgan fingerprint density at radius 3 is 2.57 bits per heavy atom. The summed E-state index contributed by atoms with van der Waals surface area (Å²) in [4.78, 5) is 26.3. The molecular weight excluding hydrogens is 284 g/mol. The predicted molar refractivity (Wildman–Crippen MR) is 84.0 cm³/mol. The van der Waals surface area contributed by atoms with Gasteiger partial charge in [-0.05, 0) is 35.8 Å². The maximum absolute atomic E-state index is 12.7. The molecule has 112 valence electrons. The average molecular weight is 304 g/mol. The van der Waals surface area contributed by atoms with Crippen LogP contribution in [0.25, 0.3) is 0 Å². The van der Waals surface area contributed by atoms with E-state index in [4.69, 9.17) is 0 Å². The first-order valence-corrected chi connectivity index (χ1v) is 8.60. The van der Waals surface area contributed by atoms with Gasteiger partial charge in [-0.1, -0.05) is 30.3 Å². The molecule has 4 nitrogen and oxygen atoms in total. The van der Waals surface area contributed by atoms with Gasteiger partial charge in [-0.25, -0.2) is 0 Å². The number of thioether (sulfide) groups is 1. The fourth-order valence-corrected chi connectivity index (χ4v) is 4.17. The minimum Gasteiger partial charge on any atom is -0.339 e. The minimum atomic E-state index is -0.523. The third-order valence-corrected chi connectivity index (χ3v) is 5.20. The quantitative estimate of drug-likeness (QED) is 0.927. The number of hydrogen-bond acceptors (Lipinski definition) is 3. The molecule has 5 heteroatoms. The maximum Gasteiger partial charge on any atom is 0.250 e. The maximum atomic E-state index is 12.7. The Balaban J connectivity index is 1.72. The number of nitrogens with zero attached hydrogens (tertiary/aromatic N) is 1. The van der Waals surface area contributed by atoms with Gasteiger partial charge in [0.1, 0.15) is 6.04 Å². The lowest BCUT2D eigenvalue weighted by Gasteiger charge is -2.35. The van der Waals surface area contributed by atoms with Crippen LogP contribution in [0.4, 0.5) is 0 Å². The van der Waals surface area contributed by atoms with Crippen LogP contribution >= 0.6 is 11.8 Å². The van der Waals surface area contributed by atoms with Crippen molar-refractivity contribution in [2.75, 3.05) is 24.6 Å². The van der Waals surface area contributed by atoms with Crippen LogP contribution in [0.15, 0.2) is 30.3 Å². The molecule has 0 saturated carbocycles. The van der Waals surface area contributed by atoms with Crippen molar-refractivity contribution in [3.05, 3.63) is 35.9 Å². The molecule has 2 aliphatic rings. The molecule has 2 heterocycles. The zero-order valence-corrected chi connectivity index (χ0v) is 12.8. The van der Waals surface area contributed by atoms with Crippen LogP contribution < -0.4 is 5.32 Å². The summed E-state index contributed by atoms with van der Waals surface area (Å²) in [7, 11) is 0. The molecule has 2 aliphatic heterocycles. The van der Waals surface area contributed by atoms with Crippen molar-refractivity contribution < 1.29 is 9.59 Å². The number of rotatable bonds is 3. The Kier molecular flexibility index (Phi) is 4.48. The number of nitrogens with one attached hydrogen (secondary N) is 1. The highest BCUT2D eigenvalue weighted by Crippen LogP contribution is 2.26. The van der Waals surface area contributed by atoms with Crippen molar-refractivity contribution in [2.45, 2.75) is 18.9 Å². The number of carbonyl (C=O) groups excluding carboxylic acids is 2. The Morgan fingerprint density at radius 1 is 1.14 bits per heavy atom. The zero-order valence-electron chi connectivity index (χ0n) is 12.0. The Morgan fingerprint density at radius 2 is 1.86 bits per heavy atom. The van der Waals surface area contributed by atoms with Crippen molar-refractivity contribution in [1.82, 2.24) is 10.2 Å². The number of amides is 2. The summed E-state index contributed by atoms with van der Waals surface area (Å²) < 4.78 is 0. The van der Waals surface area contributed by atoms with E-state index < -0.39 is 6.04 Å². The Labute approximate surface area is 129 Å². The highest BCUT2D eigenvalue weighted by atomic mass is 32.2. The molecule has 1 unspecified atom stereocenters. The lowest BCUT2D eigenvalue weighted by Crippen LogP contribution is -2.54. The van der Waals surface area contributed by atoms with Gasteiger partial charge in [-0.3, -0.25) is 9.59 Å². The fourth-order valence-electron chi connectivity index (χ4n) is 2.97. The third-order valence-electron chi connectivity index (χ3n) is 4.15. The monoisotopic (exact) mass is 304 g/mol. The molecular formula is C16H20N2O2S. The normalized spacial score (nSPS) is 24.0. The van der Waals surface area contributed by atoms with Crippen LogP contribution in [0.2, 0.25) is 0 Å². The van der Waals surface area contributed by atoms with Crippen molar-refractivity contribution in [2.24, 2.45) is 5.92 Å². The molecule has 0 aromatic heterocycles. The Hall–Kier alpha value is -1.49. The molecule has 2 fully saturated rings. The smallest absolute Gasteiger partial charge is 0.250 e. The highest BCUT2D eigenvalue weighted by Gasteiger charge is 2.34. The van der Waals surface area contributed by atoms with Crippen LogP contribution in [-0.2, 0) is 9.59 Å². The summed E-state index contributed by atoms with van der Waals surface area (Å²) in [6.45, 7) is 0.919. The summed E-state index contributed by atoms with van der Waals surface area (Å²) in [6.07, 6.45) is 2.29. The minimum absolute atomic E-state index is 0.0269. The van der Waals surface area contributed by atoms with E-state index in [0.717, 1.165) is 24.9 Å². The third kappa shape index (κ3) is 3.40. The van der Waals surface area contributed by atoms with Crippen molar-refractivity contribution >= 4 is 23.6 Å². The van der Waals surface area contributed by atoms with Gasteiger partial charge in [0.25, 0.3) is 0 Å². The second-order valence-corrected chi connectivity index (χ2v) is 6.91. The number of hydrogen-bond donors (Lipinski definition) is 1. The molecule has 0 bridgehead atoms. The molecule has 2 amide bonds. The lowest BCUT2D eigenvalue weighted by molar-refractivity contribution is -0.145. The van der Waals surface area contributed by atoms with Crippen molar-refractivity contribution in [3.63, 3.8) is 0 Å². The predicted octanol–water partition coefficient (Wildman–Crippen LogP) is 1.83. The summed E-state index contributed by atoms with van der Waals surface area (Å²) in [5.74, 6) is 2.84. The van der Waals surface area contributed by atoms with Crippen LogP contribution in [0.5, 0.6) is 0 Å². The van der Waals surface area contributed by atoms with E-state index in [-0.39, 0.29) is 18.4 Å². The standard InChI is InChI=1S/C16H20N2O2S/c19-14-11-18(10-12-6-8-21-9-7-12)16(20)15(17-14)13-4-2-1-3-5-13/h1-5,12,15H,6-11H2,(H,17,19). The van der Waals surface area contributed by atoms with Crippen LogP contribution in [0.1, 0.15) is 24.4 Å². The van der Waals surface area contributed by atoms with Crippen LogP contribution in [0.3, 0.4) is 0 Å². The van der Waals surface area contributed by atoms with E-state index in [1.54, 1.807) is 4.90 Å². The molecule has 0 spiro atoms. The summed E-state index contributed by atoms with van der Waals surface area (Å²) in [6, 6.07) is 8.96. The van der Waals surface area contributed by atoms with E-state index >= 15 is 0 Å². The first-order chi connectivity index (χ1) is 10.2. The highest BCUT2D eigenvalue weighted by molar-refractivity contribution is 7.99. The fraction of sp³-hybridized carbons (Fsp3) is 0.500. The van der Waals surface area contributed by atoms with Gasteiger partial charge in [-0.15, -0.1) is 0 Å². The van der Waals surface area contributed by atoms with Gasteiger partial charge >= 0.3 is 0 Å². The molecule has 1 atom stereocenters. The lowest BCUT2D eigenvalue weighted by atomic mass is 9.99. The number of carbonyl (C=O) groups is 2. The second kappa shape index (κ2) is 6.52. The SMILES string of the molecule is O=C1CN(CC2CCSCC2)C(=O)C(c2ccccc2)N1. The first kappa shape index (κ1) is 14.4. The van der Waals surface area contributed by atoms with Gasteiger partial charge in [-0.2, -0.15) is 11.8 Å². The molecule has 3 rings (SSSR count). The van der Waals surface area contributed by atoms with Crippen LogP contribution in [0, 0.1) is 5.92 Å². The molecule has 21 heavy (non-hydrogen) atoms. The molecule has 1 aromatic carbocycles. The van der Waals surface area contributed by atoms with Crippen LogP contribution in [-0.4, -0.2) is 41.3 Å².